The van der Waals surface area contributed by atoms with Gasteiger partial charge in [-0.1, -0.05) is 63.2 Å². The minimum absolute atomic E-state index is 0.216. The second-order valence-corrected chi connectivity index (χ2v) is 6.56. The highest BCUT2D eigenvalue weighted by atomic mass is 32.2. The van der Waals surface area contributed by atoms with Gasteiger partial charge in [0.1, 0.15) is 0 Å². The van der Waals surface area contributed by atoms with E-state index in [-0.39, 0.29) is 5.41 Å². The molecule has 0 aliphatic heterocycles. The van der Waals surface area contributed by atoms with Crippen molar-refractivity contribution in [2.75, 3.05) is 0 Å². The van der Waals surface area contributed by atoms with Crippen LogP contribution in [0.15, 0.2) is 59.5 Å². The minimum atomic E-state index is 0.216. The summed E-state index contributed by atoms with van der Waals surface area (Å²) in [7, 11) is 0. The van der Waals surface area contributed by atoms with E-state index in [2.05, 4.69) is 75.4 Å². The van der Waals surface area contributed by atoms with Crippen LogP contribution in [-0.2, 0) is 11.2 Å². The highest BCUT2D eigenvalue weighted by Gasteiger charge is 2.16. The van der Waals surface area contributed by atoms with Gasteiger partial charge in [0.25, 0.3) is 0 Å². The Balaban J connectivity index is 2.15. The third-order valence-electron chi connectivity index (χ3n) is 2.96. The fourth-order valence-electron chi connectivity index (χ4n) is 2.06. The van der Waals surface area contributed by atoms with Crippen LogP contribution in [-0.4, -0.2) is 0 Å². The molecule has 0 aliphatic carbocycles. The summed E-state index contributed by atoms with van der Waals surface area (Å²) in [5, 5.41) is 0. The lowest BCUT2D eigenvalue weighted by Gasteiger charge is -2.22. The highest BCUT2D eigenvalue weighted by Crippen LogP contribution is 2.30. The molecule has 0 spiro atoms. The topological polar surface area (TPSA) is 0 Å². The lowest BCUT2D eigenvalue weighted by molar-refractivity contribution is 0.585. The number of hydrogen-bond acceptors (Lipinski definition) is 1. The SMILES string of the molecule is CC(C)(C)c1ccccc1CSc1ccccc1. The van der Waals surface area contributed by atoms with Gasteiger partial charge in [0, 0.05) is 10.6 Å². The maximum absolute atomic E-state index is 2.28. The fraction of sp³-hybridized carbons (Fsp3) is 0.294. The molecule has 0 aromatic heterocycles. The van der Waals surface area contributed by atoms with E-state index in [1.807, 2.05) is 11.8 Å². The molecular weight excluding hydrogens is 236 g/mol. The van der Waals surface area contributed by atoms with E-state index in [1.54, 1.807) is 0 Å². The van der Waals surface area contributed by atoms with Gasteiger partial charge in [-0.2, -0.15) is 0 Å². The van der Waals surface area contributed by atoms with Gasteiger partial charge in [-0.15, -0.1) is 11.8 Å². The molecule has 0 N–H and O–H groups in total. The zero-order valence-corrected chi connectivity index (χ0v) is 12.1. The number of rotatable bonds is 3. The van der Waals surface area contributed by atoms with Gasteiger partial charge in [0.05, 0.1) is 0 Å². The smallest absolute Gasteiger partial charge is 0.0234 e. The van der Waals surface area contributed by atoms with Crippen molar-refractivity contribution >= 4 is 11.8 Å². The van der Waals surface area contributed by atoms with Gasteiger partial charge < -0.3 is 0 Å². The molecule has 2 aromatic rings. The van der Waals surface area contributed by atoms with Crippen molar-refractivity contribution in [1.29, 1.82) is 0 Å². The largest absolute Gasteiger partial charge is 0.121 e. The predicted octanol–water partition coefficient (Wildman–Crippen LogP) is 5.28. The Kier molecular flexibility index (Phi) is 4.13. The maximum Gasteiger partial charge on any atom is 0.0234 e. The van der Waals surface area contributed by atoms with Crippen LogP contribution in [0, 0.1) is 0 Å². The Bertz CT molecular complexity index is 495. The van der Waals surface area contributed by atoms with E-state index in [0.29, 0.717) is 0 Å². The molecule has 0 aliphatic rings. The van der Waals surface area contributed by atoms with Crippen molar-refractivity contribution in [2.24, 2.45) is 0 Å². The molecular formula is C17H20S. The molecule has 0 atom stereocenters. The first-order valence-corrected chi connectivity index (χ1v) is 7.32. The summed E-state index contributed by atoms with van der Waals surface area (Å²) in [6.45, 7) is 6.83. The predicted molar refractivity (Wildman–Crippen MR) is 81.1 cm³/mol. The molecule has 0 radical (unpaired) electrons. The number of thioether (sulfide) groups is 1. The Morgan fingerprint density at radius 1 is 0.833 bits per heavy atom. The van der Waals surface area contributed by atoms with Crippen LogP contribution in [0.5, 0.6) is 0 Å². The molecule has 2 aromatic carbocycles. The van der Waals surface area contributed by atoms with Crippen LogP contribution in [0.2, 0.25) is 0 Å². The molecule has 18 heavy (non-hydrogen) atoms. The molecule has 0 saturated heterocycles. The standard InChI is InChI=1S/C17H20S/c1-17(2,3)16-12-8-7-9-14(16)13-18-15-10-5-4-6-11-15/h4-12H,13H2,1-3H3. The molecule has 0 heterocycles. The number of benzene rings is 2. The first-order chi connectivity index (χ1) is 8.57. The maximum atomic E-state index is 2.28. The minimum Gasteiger partial charge on any atom is -0.121 e. The Hall–Kier alpha value is -1.21. The van der Waals surface area contributed by atoms with Gasteiger partial charge in [-0.05, 0) is 28.7 Å². The van der Waals surface area contributed by atoms with E-state index in [4.69, 9.17) is 0 Å². The van der Waals surface area contributed by atoms with Crippen molar-refractivity contribution in [3.63, 3.8) is 0 Å². The molecule has 94 valence electrons. The van der Waals surface area contributed by atoms with E-state index < -0.39 is 0 Å². The van der Waals surface area contributed by atoms with Crippen LogP contribution in [0.25, 0.3) is 0 Å². The van der Waals surface area contributed by atoms with Crippen LogP contribution in [0.3, 0.4) is 0 Å². The second-order valence-electron chi connectivity index (χ2n) is 5.51. The summed E-state index contributed by atoms with van der Waals surface area (Å²) in [6.07, 6.45) is 0. The lowest BCUT2D eigenvalue weighted by atomic mass is 9.84. The van der Waals surface area contributed by atoms with Crippen molar-refractivity contribution in [1.82, 2.24) is 0 Å². The Labute approximate surface area is 114 Å². The molecule has 0 saturated carbocycles. The molecule has 0 bridgehead atoms. The summed E-state index contributed by atoms with van der Waals surface area (Å²) in [4.78, 5) is 1.33. The first-order valence-electron chi connectivity index (χ1n) is 6.33. The first kappa shape index (κ1) is 13.2. The summed E-state index contributed by atoms with van der Waals surface area (Å²) in [6, 6.07) is 19.4. The molecule has 0 fully saturated rings. The quantitative estimate of drug-likeness (QED) is 0.674. The van der Waals surface area contributed by atoms with Gasteiger partial charge in [0.15, 0.2) is 0 Å². The zero-order chi connectivity index (χ0) is 13.0. The van der Waals surface area contributed by atoms with Crippen molar-refractivity contribution in [3.05, 3.63) is 65.7 Å². The van der Waals surface area contributed by atoms with Crippen molar-refractivity contribution in [3.8, 4) is 0 Å². The van der Waals surface area contributed by atoms with Gasteiger partial charge in [0.2, 0.25) is 0 Å². The van der Waals surface area contributed by atoms with Gasteiger partial charge in [-0.3, -0.25) is 0 Å². The average Bonchev–Trinajstić information content (AvgIpc) is 2.37. The van der Waals surface area contributed by atoms with E-state index >= 15 is 0 Å². The highest BCUT2D eigenvalue weighted by molar-refractivity contribution is 7.98. The van der Waals surface area contributed by atoms with Crippen LogP contribution in [0.1, 0.15) is 31.9 Å². The fourth-order valence-corrected chi connectivity index (χ4v) is 2.98. The third kappa shape index (κ3) is 3.39. The molecule has 0 unspecified atom stereocenters. The average molecular weight is 256 g/mol. The molecule has 2 rings (SSSR count). The summed E-state index contributed by atoms with van der Waals surface area (Å²) in [5.74, 6) is 1.04. The molecule has 1 heteroatoms. The molecule has 0 nitrogen and oxygen atoms in total. The lowest BCUT2D eigenvalue weighted by Crippen LogP contribution is -2.13. The van der Waals surface area contributed by atoms with Gasteiger partial charge >= 0.3 is 0 Å². The summed E-state index contributed by atoms with van der Waals surface area (Å²) in [5.41, 5.74) is 3.11. The number of hydrogen-bond donors (Lipinski definition) is 0. The third-order valence-corrected chi connectivity index (χ3v) is 4.02. The normalized spacial score (nSPS) is 11.5. The summed E-state index contributed by atoms with van der Waals surface area (Å²) >= 11 is 1.90. The molecule has 0 amide bonds. The second kappa shape index (κ2) is 5.62. The summed E-state index contributed by atoms with van der Waals surface area (Å²) < 4.78 is 0. The van der Waals surface area contributed by atoms with Crippen LogP contribution < -0.4 is 0 Å². The van der Waals surface area contributed by atoms with E-state index in [1.165, 1.54) is 16.0 Å². The van der Waals surface area contributed by atoms with Crippen LogP contribution >= 0.6 is 11.8 Å². The Morgan fingerprint density at radius 3 is 2.11 bits per heavy atom. The zero-order valence-electron chi connectivity index (χ0n) is 11.3. The monoisotopic (exact) mass is 256 g/mol. The Morgan fingerprint density at radius 2 is 1.44 bits per heavy atom. The van der Waals surface area contributed by atoms with Crippen LogP contribution in [0.4, 0.5) is 0 Å². The van der Waals surface area contributed by atoms with Crippen molar-refractivity contribution in [2.45, 2.75) is 36.8 Å². The van der Waals surface area contributed by atoms with E-state index in [0.717, 1.165) is 5.75 Å². The van der Waals surface area contributed by atoms with Gasteiger partial charge in [-0.25, -0.2) is 0 Å². The van der Waals surface area contributed by atoms with Crippen molar-refractivity contribution < 1.29 is 0 Å². The van der Waals surface area contributed by atoms with E-state index in [9.17, 15) is 0 Å².